The zero-order valence-electron chi connectivity index (χ0n) is 9.51. The minimum Gasteiger partial charge on any atom is -0.383 e. The van der Waals surface area contributed by atoms with Crippen LogP contribution in [0.5, 0.6) is 0 Å². The summed E-state index contributed by atoms with van der Waals surface area (Å²) in [6.45, 7) is 0.941. The molecule has 0 bridgehead atoms. The highest BCUT2D eigenvalue weighted by molar-refractivity contribution is 5.93. The largest absolute Gasteiger partial charge is 0.383 e. The fourth-order valence-corrected chi connectivity index (χ4v) is 1.42. The Hall–Kier alpha value is -2.01. The molecule has 5 nitrogen and oxygen atoms in total. The molecule has 1 aromatic heterocycles. The Morgan fingerprint density at radius 2 is 2.12 bits per heavy atom. The van der Waals surface area contributed by atoms with Gasteiger partial charge in [0.2, 0.25) is 0 Å². The average molecular weight is 231 g/mol. The summed E-state index contributed by atoms with van der Waals surface area (Å²) in [6.07, 6.45) is 1.48. The van der Waals surface area contributed by atoms with E-state index in [1.807, 2.05) is 24.3 Å². The lowest BCUT2D eigenvalue weighted by Crippen LogP contribution is -2.27. The number of rotatable bonds is 4. The number of amides is 1. The number of carbonyl (C=O) groups is 1. The number of benzene rings is 1. The summed E-state index contributed by atoms with van der Waals surface area (Å²) in [5.41, 5.74) is 1.81. The Kier molecular flexibility index (Phi) is 3.62. The van der Waals surface area contributed by atoms with Gasteiger partial charge in [0.1, 0.15) is 5.69 Å². The molecular weight excluding hydrogens is 218 g/mol. The van der Waals surface area contributed by atoms with Crippen molar-refractivity contribution in [2.24, 2.45) is 0 Å². The molecule has 1 N–H and O–H groups in total. The Bertz CT molecular complexity index is 528. The predicted octanol–water partition coefficient (Wildman–Crippen LogP) is 1.01. The van der Waals surface area contributed by atoms with Crippen LogP contribution in [0.2, 0.25) is 0 Å². The van der Waals surface area contributed by atoms with Crippen molar-refractivity contribution in [1.82, 2.24) is 15.3 Å². The highest BCUT2D eigenvalue weighted by Gasteiger charge is 2.07. The number of aromatic nitrogens is 2. The quantitative estimate of drug-likeness (QED) is 0.797. The average Bonchev–Trinajstić information content (AvgIpc) is 2.38. The zero-order chi connectivity index (χ0) is 12.1. The van der Waals surface area contributed by atoms with E-state index in [4.69, 9.17) is 4.74 Å². The first-order valence-electron chi connectivity index (χ1n) is 5.30. The van der Waals surface area contributed by atoms with Gasteiger partial charge in [0.15, 0.2) is 0 Å². The van der Waals surface area contributed by atoms with Gasteiger partial charge >= 0.3 is 0 Å². The van der Waals surface area contributed by atoms with Gasteiger partial charge in [-0.25, -0.2) is 4.98 Å². The summed E-state index contributed by atoms with van der Waals surface area (Å²) in [4.78, 5) is 20.1. The molecule has 1 amide bonds. The monoisotopic (exact) mass is 231 g/mol. The zero-order valence-corrected chi connectivity index (χ0v) is 9.51. The number of hydrogen-bond donors (Lipinski definition) is 1. The molecule has 0 aliphatic carbocycles. The molecule has 0 fully saturated rings. The molecule has 0 aliphatic rings. The number of methoxy groups -OCH3 is 1. The number of carbonyl (C=O) groups excluding carboxylic acids is 1. The first kappa shape index (κ1) is 11.5. The lowest BCUT2D eigenvalue weighted by molar-refractivity contribution is 0.0932. The van der Waals surface area contributed by atoms with E-state index in [2.05, 4.69) is 15.3 Å². The van der Waals surface area contributed by atoms with Crippen LogP contribution in [-0.4, -0.2) is 36.1 Å². The molecule has 5 heteroatoms. The van der Waals surface area contributed by atoms with Crippen molar-refractivity contribution in [3.8, 4) is 0 Å². The third-order valence-electron chi connectivity index (χ3n) is 2.27. The van der Waals surface area contributed by atoms with Gasteiger partial charge in [-0.15, -0.1) is 0 Å². The predicted molar refractivity (Wildman–Crippen MR) is 63.7 cm³/mol. The minimum atomic E-state index is -0.236. The Morgan fingerprint density at radius 3 is 2.88 bits per heavy atom. The summed E-state index contributed by atoms with van der Waals surface area (Å²) in [5.74, 6) is -0.236. The van der Waals surface area contributed by atoms with Crippen molar-refractivity contribution < 1.29 is 9.53 Å². The molecule has 2 aromatic rings. The number of ether oxygens (including phenoxy) is 1. The van der Waals surface area contributed by atoms with E-state index in [1.165, 1.54) is 6.20 Å². The molecule has 0 aliphatic heterocycles. The second-order valence-corrected chi connectivity index (χ2v) is 3.49. The SMILES string of the molecule is COCCNC(=O)c1cnc2ccccc2n1. The third-order valence-corrected chi connectivity index (χ3v) is 2.27. The standard InChI is InChI=1S/C12H13N3O2/c1-17-7-6-13-12(16)11-8-14-9-4-2-3-5-10(9)15-11/h2-5,8H,6-7H2,1H3,(H,13,16). The number of nitrogens with one attached hydrogen (secondary N) is 1. The van der Waals surface area contributed by atoms with Gasteiger partial charge in [0, 0.05) is 13.7 Å². The highest BCUT2D eigenvalue weighted by atomic mass is 16.5. The van der Waals surface area contributed by atoms with E-state index in [-0.39, 0.29) is 5.91 Å². The maximum Gasteiger partial charge on any atom is 0.271 e. The van der Waals surface area contributed by atoms with E-state index >= 15 is 0 Å². The molecule has 88 valence electrons. The molecule has 2 rings (SSSR count). The topological polar surface area (TPSA) is 64.1 Å². The van der Waals surface area contributed by atoms with E-state index < -0.39 is 0 Å². The second-order valence-electron chi connectivity index (χ2n) is 3.49. The summed E-state index contributed by atoms with van der Waals surface area (Å²) in [7, 11) is 1.59. The maximum absolute atomic E-state index is 11.7. The van der Waals surface area contributed by atoms with E-state index in [0.29, 0.717) is 24.4 Å². The van der Waals surface area contributed by atoms with Crippen LogP contribution in [0.25, 0.3) is 11.0 Å². The van der Waals surface area contributed by atoms with Crippen molar-refractivity contribution in [2.75, 3.05) is 20.3 Å². The molecule has 17 heavy (non-hydrogen) atoms. The summed E-state index contributed by atoms with van der Waals surface area (Å²) >= 11 is 0. The number of nitrogens with zero attached hydrogens (tertiary/aromatic N) is 2. The van der Waals surface area contributed by atoms with Gasteiger partial charge in [-0.2, -0.15) is 0 Å². The Labute approximate surface area is 98.8 Å². The smallest absolute Gasteiger partial charge is 0.271 e. The highest BCUT2D eigenvalue weighted by Crippen LogP contribution is 2.08. The normalized spacial score (nSPS) is 10.4. The first-order chi connectivity index (χ1) is 8.31. The summed E-state index contributed by atoms with van der Waals surface area (Å²) in [6, 6.07) is 7.43. The van der Waals surface area contributed by atoms with Crippen LogP contribution in [0.1, 0.15) is 10.5 Å². The van der Waals surface area contributed by atoms with E-state index in [9.17, 15) is 4.79 Å². The van der Waals surface area contributed by atoms with Crippen molar-refractivity contribution in [3.63, 3.8) is 0 Å². The lowest BCUT2D eigenvalue weighted by atomic mass is 10.3. The van der Waals surface area contributed by atoms with Crippen molar-refractivity contribution in [1.29, 1.82) is 0 Å². The van der Waals surface area contributed by atoms with Crippen LogP contribution >= 0.6 is 0 Å². The van der Waals surface area contributed by atoms with E-state index in [1.54, 1.807) is 7.11 Å². The third kappa shape index (κ3) is 2.76. The molecular formula is C12H13N3O2. The summed E-state index contributed by atoms with van der Waals surface area (Å²) < 4.78 is 4.85. The van der Waals surface area contributed by atoms with Crippen LogP contribution in [-0.2, 0) is 4.74 Å². The van der Waals surface area contributed by atoms with Crippen molar-refractivity contribution >= 4 is 16.9 Å². The van der Waals surface area contributed by atoms with Crippen LogP contribution in [0.4, 0.5) is 0 Å². The number of para-hydroxylation sites is 2. The maximum atomic E-state index is 11.7. The van der Waals surface area contributed by atoms with Gasteiger partial charge < -0.3 is 10.1 Å². The number of fused-ring (bicyclic) bond motifs is 1. The Morgan fingerprint density at radius 1 is 1.35 bits per heavy atom. The Balaban J connectivity index is 2.15. The van der Waals surface area contributed by atoms with Crippen LogP contribution in [0, 0.1) is 0 Å². The molecule has 0 radical (unpaired) electrons. The molecule has 0 atom stereocenters. The fourth-order valence-electron chi connectivity index (χ4n) is 1.42. The minimum absolute atomic E-state index is 0.236. The molecule has 0 unspecified atom stereocenters. The van der Waals surface area contributed by atoms with Crippen LogP contribution in [0.3, 0.4) is 0 Å². The van der Waals surface area contributed by atoms with Gasteiger partial charge in [-0.1, -0.05) is 12.1 Å². The molecule has 1 aromatic carbocycles. The molecule has 1 heterocycles. The number of hydrogen-bond acceptors (Lipinski definition) is 4. The first-order valence-corrected chi connectivity index (χ1v) is 5.30. The molecule has 0 saturated carbocycles. The van der Waals surface area contributed by atoms with Gasteiger partial charge in [0.25, 0.3) is 5.91 Å². The fraction of sp³-hybridized carbons (Fsp3) is 0.250. The van der Waals surface area contributed by atoms with Crippen LogP contribution < -0.4 is 5.32 Å². The van der Waals surface area contributed by atoms with Crippen LogP contribution in [0.15, 0.2) is 30.5 Å². The summed E-state index contributed by atoms with van der Waals surface area (Å²) in [5, 5.41) is 2.70. The second kappa shape index (κ2) is 5.36. The van der Waals surface area contributed by atoms with Crippen molar-refractivity contribution in [3.05, 3.63) is 36.2 Å². The molecule has 0 saturated heterocycles. The lowest BCUT2D eigenvalue weighted by Gasteiger charge is -2.04. The van der Waals surface area contributed by atoms with Gasteiger partial charge in [0.05, 0.1) is 23.8 Å². The van der Waals surface area contributed by atoms with Gasteiger partial charge in [-0.3, -0.25) is 9.78 Å². The molecule has 0 spiro atoms. The van der Waals surface area contributed by atoms with Gasteiger partial charge in [-0.05, 0) is 12.1 Å². The van der Waals surface area contributed by atoms with E-state index in [0.717, 1.165) is 5.52 Å². The van der Waals surface area contributed by atoms with Crippen molar-refractivity contribution in [2.45, 2.75) is 0 Å².